The van der Waals surface area contributed by atoms with Crippen molar-refractivity contribution in [2.45, 2.75) is 6.92 Å². The van der Waals surface area contributed by atoms with Gasteiger partial charge >= 0.3 is 0 Å². The van der Waals surface area contributed by atoms with E-state index >= 15 is 0 Å². The van der Waals surface area contributed by atoms with E-state index in [1.165, 1.54) is 13.1 Å². The van der Waals surface area contributed by atoms with Crippen molar-refractivity contribution in [1.82, 2.24) is 16.2 Å². The highest BCUT2D eigenvalue weighted by molar-refractivity contribution is 7.80. The van der Waals surface area contributed by atoms with Gasteiger partial charge in [0.05, 0.1) is 0 Å². The summed E-state index contributed by atoms with van der Waals surface area (Å²) in [5.74, 6) is -0.742. The molecular weight excluding hydrogens is 324 g/mol. The first-order valence-electron chi connectivity index (χ1n) is 6.98. The summed E-state index contributed by atoms with van der Waals surface area (Å²) in [6.07, 6.45) is 1.20. The molecular formula is C17H14N4O2S. The lowest BCUT2D eigenvalue weighted by Crippen LogP contribution is -2.44. The molecule has 0 aliphatic heterocycles. The van der Waals surface area contributed by atoms with Crippen molar-refractivity contribution in [2.24, 2.45) is 0 Å². The minimum atomic E-state index is -0.418. The van der Waals surface area contributed by atoms with Gasteiger partial charge in [0, 0.05) is 18.7 Å². The number of carbonyl (C=O) groups excluding carboxylic acids is 2. The van der Waals surface area contributed by atoms with Crippen molar-refractivity contribution >= 4 is 39.8 Å². The second kappa shape index (κ2) is 7.85. The molecule has 0 saturated heterocycles. The predicted molar refractivity (Wildman–Crippen MR) is 94.7 cm³/mol. The number of fused-ring (bicyclic) bond motifs is 1. The Morgan fingerprint density at radius 3 is 2.50 bits per heavy atom. The van der Waals surface area contributed by atoms with Crippen LogP contribution in [0.5, 0.6) is 0 Å². The lowest BCUT2D eigenvalue weighted by atomic mass is 10.0. The number of nitriles is 1. The van der Waals surface area contributed by atoms with E-state index in [2.05, 4.69) is 16.2 Å². The number of nitrogens with one attached hydrogen (secondary N) is 3. The topological polar surface area (TPSA) is 94.0 Å². The molecule has 0 heterocycles. The summed E-state index contributed by atoms with van der Waals surface area (Å²) >= 11 is 4.90. The van der Waals surface area contributed by atoms with Gasteiger partial charge in [-0.2, -0.15) is 5.26 Å². The molecule has 24 heavy (non-hydrogen) atoms. The van der Waals surface area contributed by atoms with E-state index in [-0.39, 0.29) is 16.6 Å². The van der Waals surface area contributed by atoms with Crippen molar-refractivity contribution in [3.05, 3.63) is 59.8 Å². The van der Waals surface area contributed by atoms with Gasteiger partial charge in [-0.1, -0.05) is 36.4 Å². The standard InChI is InChI=1S/C17H14N4O2S/c1-11(22)20-21-17(24)19-10-15(9-18)16(23)14-7-6-12-4-2-3-5-13(12)8-14/h2-8,10H,1H3,(H,20,22)(H2,19,21,24)/b15-10-. The smallest absolute Gasteiger partial charge is 0.235 e. The van der Waals surface area contributed by atoms with Crippen LogP contribution in [0.4, 0.5) is 0 Å². The number of Topliss-reactive ketones (excluding diaryl/α,β-unsaturated/α-hetero) is 1. The quantitative estimate of drug-likeness (QED) is 0.260. The zero-order chi connectivity index (χ0) is 17.5. The molecule has 7 heteroatoms. The van der Waals surface area contributed by atoms with Gasteiger partial charge in [0.1, 0.15) is 11.6 Å². The highest BCUT2D eigenvalue weighted by Crippen LogP contribution is 2.17. The van der Waals surface area contributed by atoms with E-state index in [1.54, 1.807) is 12.1 Å². The van der Waals surface area contributed by atoms with E-state index < -0.39 is 5.78 Å². The second-order valence-electron chi connectivity index (χ2n) is 4.84. The fourth-order valence-electron chi connectivity index (χ4n) is 1.95. The Morgan fingerprint density at radius 1 is 1.12 bits per heavy atom. The van der Waals surface area contributed by atoms with Gasteiger partial charge in [0.25, 0.3) is 0 Å². The number of thiocarbonyl (C=S) groups is 1. The first-order chi connectivity index (χ1) is 11.5. The number of rotatable bonds is 3. The van der Waals surface area contributed by atoms with Gasteiger partial charge in [-0.3, -0.25) is 20.4 Å². The maximum atomic E-state index is 12.4. The monoisotopic (exact) mass is 338 g/mol. The number of carbonyl (C=O) groups is 2. The molecule has 2 aromatic rings. The van der Waals surface area contributed by atoms with Crippen LogP contribution in [-0.2, 0) is 4.79 Å². The third kappa shape index (κ3) is 4.38. The molecule has 120 valence electrons. The first kappa shape index (κ1) is 17.1. The molecule has 3 N–H and O–H groups in total. The van der Waals surface area contributed by atoms with Gasteiger partial charge in [-0.25, -0.2) is 0 Å². The second-order valence-corrected chi connectivity index (χ2v) is 5.25. The molecule has 2 aromatic carbocycles. The fourth-order valence-corrected chi connectivity index (χ4v) is 2.06. The fraction of sp³-hybridized carbons (Fsp3) is 0.0588. The molecule has 2 rings (SSSR count). The highest BCUT2D eigenvalue weighted by atomic mass is 32.1. The maximum Gasteiger partial charge on any atom is 0.235 e. The first-order valence-corrected chi connectivity index (χ1v) is 7.39. The Bertz CT molecular complexity index is 884. The van der Waals surface area contributed by atoms with Crippen molar-refractivity contribution in [1.29, 1.82) is 5.26 Å². The Labute approximate surface area is 144 Å². The van der Waals surface area contributed by atoms with Crippen molar-refractivity contribution in [3.63, 3.8) is 0 Å². The number of allylic oxidation sites excluding steroid dienone is 1. The molecule has 0 bridgehead atoms. The summed E-state index contributed by atoms with van der Waals surface area (Å²) < 4.78 is 0. The Balaban J connectivity index is 2.15. The highest BCUT2D eigenvalue weighted by Gasteiger charge is 2.12. The molecule has 0 saturated carbocycles. The zero-order valence-corrected chi connectivity index (χ0v) is 13.6. The molecule has 0 atom stereocenters. The molecule has 6 nitrogen and oxygen atoms in total. The minimum Gasteiger partial charge on any atom is -0.336 e. The summed E-state index contributed by atoms with van der Waals surface area (Å²) in [6, 6.07) is 14.7. The van der Waals surface area contributed by atoms with Crippen LogP contribution in [0.2, 0.25) is 0 Å². The van der Waals surface area contributed by atoms with Crippen LogP contribution < -0.4 is 16.2 Å². The van der Waals surface area contributed by atoms with Gasteiger partial charge in [-0.05, 0) is 29.1 Å². The number of hydrazine groups is 1. The minimum absolute atomic E-state index is 0.0595. The largest absolute Gasteiger partial charge is 0.336 e. The maximum absolute atomic E-state index is 12.4. The lowest BCUT2D eigenvalue weighted by molar-refractivity contribution is -0.119. The van der Waals surface area contributed by atoms with Gasteiger partial charge in [-0.15, -0.1) is 0 Å². The van der Waals surface area contributed by atoms with E-state index in [4.69, 9.17) is 12.2 Å². The van der Waals surface area contributed by atoms with E-state index in [1.807, 2.05) is 36.4 Å². The van der Waals surface area contributed by atoms with Crippen LogP contribution >= 0.6 is 12.2 Å². The van der Waals surface area contributed by atoms with E-state index in [9.17, 15) is 14.9 Å². The number of nitrogens with zero attached hydrogens (tertiary/aromatic N) is 1. The van der Waals surface area contributed by atoms with E-state index in [0.29, 0.717) is 5.56 Å². The van der Waals surface area contributed by atoms with Crippen LogP contribution in [0, 0.1) is 11.3 Å². The van der Waals surface area contributed by atoms with Crippen LogP contribution in [0.15, 0.2) is 54.2 Å². The van der Waals surface area contributed by atoms with Gasteiger partial charge in [0.15, 0.2) is 5.11 Å². The van der Waals surface area contributed by atoms with Crippen molar-refractivity contribution in [2.75, 3.05) is 0 Å². The van der Waals surface area contributed by atoms with Crippen molar-refractivity contribution < 1.29 is 9.59 Å². The average molecular weight is 338 g/mol. The third-order valence-electron chi connectivity index (χ3n) is 3.08. The third-order valence-corrected chi connectivity index (χ3v) is 3.30. The van der Waals surface area contributed by atoms with Gasteiger partial charge < -0.3 is 5.32 Å². The molecule has 0 aliphatic rings. The van der Waals surface area contributed by atoms with Crippen LogP contribution in [0.1, 0.15) is 17.3 Å². The molecule has 1 amide bonds. The predicted octanol–water partition coefficient (Wildman–Crippen LogP) is 1.95. The summed E-state index contributed by atoms with van der Waals surface area (Å²) in [5, 5.41) is 13.7. The van der Waals surface area contributed by atoms with Crippen molar-refractivity contribution in [3.8, 4) is 6.07 Å². The number of ketones is 1. The number of amides is 1. The average Bonchev–Trinajstić information content (AvgIpc) is 2.59. The molecule has 0 radical (unpaired) electrons. The SMILES string of the molecule is CC(=O)NNC(=S)N/C=C(/C#N)C(=O)c1ccc2ccccc2c1. The summed E-state index contributed by atoms with van der Waals surface area (Å²) in [7, 11) is 0. The normalized spacial score (nSPS) is 10.6. The van der Waals surface area contributed by atoms with Gasteiger partial charge in [0.2, 0.25) is 11.7 Å². The summed E-state index contributed by atoms with van der Waals surface area (Å²) in [4.78, 5) is 23.2. The van der Waals surface area contributed by atoms with Crippen LogP contribution in [0.25, 0.3) is 10.8 Å². The molecule has 0 spiro atoms. The summed E-state index contributed by atoms with van der Waals surface area (Å²) in [5.41, 5.74) is 5.01. The molecule has 0 unspecified atom stereocenters. The van der Waals surface area contributed by atoms with E-state index in [0.717, 1.165) is 10.8 Å². The Kier molecular flexibility index (Phi) is 5.60. The lowest BCUT2D eigenvalue weighted by Gasteiger charge is -2.07. The number of benzene rings is 2. The molecule has 0 aromatic heterocycles. The zero-order valence-electron chi connectivity index (χ0n) is 12.8. The number of hydrogen-bond acceptors (Lipinski definition) is 4. The molecule has 0 aliphatic carbocycles. The Morgan fingerprint density at radius 2 is 1.83 bits per heavy atom. The summed E-state index contributed by atoms with van der Waals surface area (Å²) in [6.45, 7) is 1.31. The number of hydrogen-bond donors (Lipinski definition) is 3. The Hall–Kier alpha value is -3.24. The molecule has 0 fully saturated rings. The van der Waals surface area contributed by atoms with Crippen LogP contribution in [0.3, 0.4) is 0 Å². The van der Waals surface area contributed by atoms with Crippen LogP contribution in [-0.4, -0.2) is 16.8 Å².